The molecule has 1 aromatic rings. The first-order chi connectivity index (χ1) is 8.99. The predicted octanol–water partition coefficient (Wildman–Crippen LogP) is 3.31. The Labute approximate surface area is 119 Å². The summed E-state index contributed by atoms with van der Waals surface area (Å²) in [5.41, 5.74) is 6.73. The maximum atomic E-state index is 11.6. The van der Waals surface area contributed by atoms with Gasteiger partial charge in [0.15, 0.2) is 0 Å². The Morgan fingerprint density at radius 1 is 1.47 bits per heavy atom. The van der Waals surface area contributed by atoms with E-state index in [9.17, 15) is 4.79 Å². The number of nitrogens with one attached hydrogen (secondary N) is 1. The van der Waals surface area contributed by atoms with Crippen molar-refractivity contribution in [2.45, 2.75) is 26.7 Å². The molecule has 19 heavy (non-hydrogen) atoms. The van der Waals surface area contributed by atoms with Crippen molar-refractivity contribution in [1.82, 2.24) is 0 Å². The third-order valence-corrected chi connectivity index (χ3v) is 2.83. The summed E-state index contributed by atoms with van der Waals surface area (Å²) in [6.07, 6.45) is 2.06. The van der Waals surface area contributed by atoms with Crippen molar-refractivity contribution in [1.29, 1.82) is 0 Å². The van der Waals surface area contributed by atoms with Crippen LogP contribution in [-0.4, -0.2) is 19.1 Å². The Hall–Kier alpha value is -1.26. The van der Waals surface area contributed by atoms with Gasteiger partial charge in [0, 0.05) is 11.6 Å². The summed E-state index contributed by atoms with van der Waals surface area (Å²) >= 11 is 5.84. The normalized spacial score (nSPS) is 10.7. The molecule has 0 spiro atoms. The highest BCUT2D eigenvalue weighted by molar-refractivity contribution is 6.31. The first-order valence-electron chi connectivity index (χ1n) is 6.41. The van der Waals surface area contributed by atoms with Crippen molar-refractivity contribution in [3.63, 3.8) is 0 Å². The van der Waals surface area contributed by atoms with Crippen LogP contribution in [0.5, 0.6) is 0 Å². The third kappa shape index (κ3) is 6.45. The lowest BCUT2D eigenvalue weighted by Gasteiger charge is -2.09. The summed E-state index contributed by atoms with van der Waals surface area (Å²) in [6.45, 7) is 4.95. The van der Waals surface area contributed by atoms with Gasteiger partial charge in [0.25, 0.3) is 0 Å². The van der Waals surface area contributed by atoms with Crippen LogP contribution in [0.3, 0.4) is 0 Å². The van der Waals surface area contributed by atoms with Gasteiger partial charge in [0.05, 0.1) is 11.4 Å². The summed E-state index contributed by atoms with van der Waals surface area (Å²) in [7, 11) is 0. The third-order valence-electron chi connectivity index (χ3n) is 2.59. The van der Waals surface area contributed by atoms with E-state index in [0.717, 1.165) is 12.8 Å². The number of hydrogen-bond donors (Lipinski definition) is 2. The Morgan fingerprint density at radius 2 is 2.21 bits per heavy atom. The van der Waals surface area contributed by atoms with Crippen molar-refractivity contribution in [2.75, 3.05) is 24.3 Å². The van der Waals surface area contributed by atoms with Crippen molar-refractivity contribution in [3.05, 3.63) is 23.2 Å². The lowest BCUT2D eigenvalue weighted by atomic mass is 10.1. The number of halogens is 1. The molecule has 1 aromatic carbocycles. The minimum atomic E-state index is -0.224. The molecular weight excluding hydrogens is 264 g/mol. The van der Waals surface area contributed by atoms with Crippen molar-refractivity contribution in [3.8, 4) is 0 Å². The Morgan fingerprint density at radius 3 is 2.89 bits per heavy atom. The lowest BCUT2D eigenvalue weighted by Crippen LogP contribution is -2.19. The second-order valence-corrected chi connectivity index (χ2v) is 5.30. The number of carbonyl (C=O) groups excluding carboxylic acids is 1. The van der Waals surface area contributed by atoms with E-state index in [1.165, 1.54) is 0 Å². The summed E-state index contributed by atoms with van der Waals surface area (Å²) in [5, 5.41) is 3.21. The zero-order valence-corrected chi connectivity index (χ0v) is 12.2. The van der Waals surface area contributed by atoms with Crippen molar-refractivity contribution >= 4 is 28.9 Å². The second kappa shape index (κ2) is 8.02. The van der Waals surface area contributed by atoms with Crippen molar-refractivity contribution < 1.29 is 9.53 Å². The fourth-order valence-corrected chi connectivity index (χ4v) is 1.75. The molecule has 0 unspecified atom stereocenters. The van der Waals surface area contributed by atoms with Crippen molar-refractivity contribution in [2.24, 2.45) is 5.92 Å². The summed E-state index contributed by atoms with van der Waals surface area (Å²) in [4.78, 5) is 11.6. The molecule has 0 radical (unpaired) electrons. The number of hydrogen-bond acceptors (Lipinski definition) is 3. The molecule has 0 aliphatic heterocycles. The average Bonchev–Trinajstić information content (AvgIpc) is 2.33. The molecule has 3 N–H and O–H groups in total. The fraction of sp³-hybridized carbons (Fsp3) is 0.500. The molecular formula is C14H21ClN2O2. The van der Waals surface area contributed by atoms with E-state index < -0.39 is 0 Å². The second-order valence-electron chi connectivity index (χ2n) is 4.87. The van der Waals surface area contributed by atoms with Gasteiger partial charge in [0.2, 0.25) is 5.91 Å². The minimum absolute atomic E-state index is 0.0318. The van der Waals surface area contributed by atoms with Gasteiger partial charge in [-0.15, -0.1) is 0 Å². The van der Waals surface area contributed by atoms with Gasteiger partial charge in [0.1, 0.15) is 6.61 Å². The van der Waals surface area contributed by atoms with Gasteiger partial charge < -0.3 is 15.8 Å². The molecule has 1 rings (SSSR count). The molecule has 106 valence electrons. The van der Waals surface area contributed by atoms with Crippen LogP contribution in [0, 0.1) is 5.92 Å². The lowest BCUT2D eigenvalue weighted by molar-refractivity contribution is -0.120. The highest BCUT2D eigenvalue weighted by atomic mass is 35.5. The molecule has 0 saturated carbocycles. The van der Waals surface area contributed by atoms with Crippen LogP contribution >= 0.6 is 11.6 Å². The molecule has 0 heterocycles. The highest BCUT2D eigenvalue weighted by Gasteiger charge is 2.06. The maximum absolute atomic E-state index is 11.6. The summed E-state index contributed by atoms with van der Waals surface area (Å²) in [6, 6.07) is 4.95. The van der Waals surface area contributed by atoms with E-state index in [-0.39, 0.29) is 12.5 Å². The van der Waals surface area contributed by atoms with E-state index in [1.54, 1.807) is 18.2 Å². The zero-order chi connectivity index (χ0) is 14.3. The molecule has 0 aliphatic rings. The topological polar surface area (TPSA) is 64.3 Å². The largest absolute Gasteiger partial charge is 0.397 e. The Balaban J connectivity index is 2.29. The number of amides is 1. The molecule has 0 fully saturated rings. The zero-order valence-electron chi connectivity index (χ0n) is 11.4. The monoisotopic (exact) mass is 284 g/mol. The maximum Gasteiger partial charge on any atom is 0.250 e. The van der Waals surface area contributed by atoms with Crippen LogP contribution in [-0.2, 0) is 9.53 Å². The first-order valence-corrected chi connectivity index (χ1v) is 6.79. The smallest absolute Gasteiger partial charge is 0.250 e. The van der Waals surface area contributed by atoms with Crippen LogP contribution in [0.1, 0.15) is 26.7 Å². The number of benzene rings is 1. The van der Waals surface area contributed by atoms with Crippen LogP contribution < -0.4 is 11.1 Å². The van der Waals surface area contributed by atoms with Gasteiger partial charge in [-0.2, -0.15) is 0 Å². The quantitative estimate of drug-likeness (QED) is 0.596. The number of nitrogens with two attached hydrogens (primary N) is 1. The first kappa shape index (κ1) is 15.8. The highest BCUT2D eigenvalue weighted by Crippen LogP contribution is 2.22. The molecule has 1 amide bonds. The molecule has 0 bridgehead atoms. The molecule has 0 saturated heterocycles. The number of ether oxygens (including phenoxy) is 1. The van der Waals surface area contributed by atoms with Crippen LogP contribution in [0.4, 0.5) is 11.4 Å². The molecule has 0 aliphatic carbocycles. The molecule has 4 nitrogen and oxygen atoms in total. The van der Waals surface area contributed by atoms with Gasteiger partial charge in [-0.25, -0.2) is 0 Å². The van der Waals surface area contributed by atoms with Gasteiger partial charge in [-0.1, -0.05) is 25.4 Å². The van der Waals surface area contributed by atoms with Gasteiger partial charge in [-0.05, 0) is 37.0 Å². The van der Waals surface area contributed by atoms with Gasteiger partial charge in [-0.3, -0.25) is 4.79 Å². The Kier molecular flexibility index (Phi) is 6.67. The fourth-order valence-electron chi connectivity index (χ4n) is 1.58. The molecule has 0 aromatic heterocycles. The van der Waals surface area contributed by atoms with E-state index in [0.29, 0.717) is 28.9 Å². The summed E-state index contributed by atoms with van der Waals surface area (Å²) in [5.74, 6) is 0.433. The number of nitrogen functional groups attached to an aromatic ring is 1. The molecule has 0 atom stereocenters. The van der Waals surface area contributed by atoms with Crippen LogP contribution in [0.15, 0.2) is 18.2 Å². The van der Waals surface area contributed by atoms with Crippen LogP contribution in [0.2, 0.25) is 5.02 Å². The van der Waals surface area contributed by atoms with E-state index >= 15 is 0 Å². The number of rotatable bonds is 7. The number of anilines is 2. The number of carbonyl (C=O) groups is 1. The minimum Gasteiger partial charge on any atom is -0.397 e. The molecule has 5 heteroatoms. The van der Waals surface area contributed by atoms with Crippen LogP contribution in [0.25, 0.3) is 0 Å². The van der Waals surface area contributed by atoms with E-state index in [1.807, 2.05) is 0 Å². The van der Waals surface area contributed by atoms with E-state index in [2.05, 4.69) is 19.2 Å². The van der Waals surface area contributed by atoms with E-state index in [4.69, 9.17) is 22.1 Å². The standard InChI is InChI=1S/C14H21ClN2O2/c1-10(2)4-3-7-19-9-14(18)17-13-8-11(15)5-6-12(13)16/h5-6,8,10H,3-4,7,9,16H2,1-2H3,(H,17,18). The SMILES string of the molecule is CC(C)CCCOCC(=O)Nc1cc(Cl)ccc1N. The predicted molar refractivity (Wildman–Crippen MR) is 79.4 cm³/mol. The Bertz CT molecular complexity index is 422. The van der Waals surface area contributed by atoms with Gasteiger partial charge >= 0.3 is 0 Å². The average molecular weight is 285 g/mol. The summed E-state index contributed by atoms with van der Waals surface area (Å²) < 4.78 is 5.30.